The topological polar surface area (TPSA) is 21.3 Å². The Balaban J connectivity index is 2.39. The van der Waals surface area contributed by atoms with E-state index >= 15 is 0 Å². The van der Waals surface area contributed by atoms with Gasteiger partial charge in [-0.25, -0.2) is 0 Å². The molecular weight excluding hydrogens is 222 g/mol. The normalized spacial score (nSPS) is 14.6. The van der Waals surface area contributed by atoms with E-state index in [1.807, 2.05) is 12.1 Å². The van der Waals surface area contributed by atoms with Crippen LogP contribution in [0.5, 0.6) is 5.75 Å². The molecule has 0 saturated carbocycles. The number of nitrogens with one attached hydrogen (secondary N) is 1. The molecule has 18 heavy (non-hydrogen) atoms. The van der Waals surface area contributed by atoms with Crippen LogP contribution in [0.1, 0.15) is 39.7 Å². The highest BCUT2D eigenvalue weighted by Crippen LogP contribution is 2.16. The van der Waals surface area contributed by atoms with Gasteiger partial charge in [0.05, 0.1) is 7.11 Å². The number of methoxy groups -OCH3 is 1. The van der Waals surface area contributed by atoms with Crippen molar-refractivity contribution in [2.45, 2.75) is 52.6 Å². The van der Waals surface area contributed by atoms with Crippen LogP contribution in [0.4, 0.5) is 0 Å². The molecule has 0 aliphatic carbocycles. The zero-order chi connectivity index (χ0) is 13.5. The van der Waals surface area contributed by atoms with Crippen molar-refractivity contribution in [3.63, 3.8) is 0 Å². The van der Waals surface area contributed by atoms with Gasteiger partial charge in [0.2, 0.25) is 0 Å². The number of ether oxygens (including phenoxy) is 1. The number of hydrogen-bond donors (Lipinski definition) is 1. The summed E-state index contributed by atoms with van der Waals surface area (Å²) in [5.41, 5.74) is 1.39. The summed E-state index contributed by atoms with van der Waals surface area (Å²) in [6.45, 7) is 9.00. The van der Waals surface area contributed by atoms with Gasteiger partial charge >= 0.3 is 0 Å². The fourth-order valence-electron chi connectivity index (χ4n) is 2.13. The minimum atomic E-state index is 0.559. The second-order valence-electron chi connectivity index (χ2n) is 5.47. The molecule has 2 unspecified atom stereocenters. The van der Waals surface area contributed by atoms with Crippen molar-refractivity contribution in [2.24, 2.45) is 5.92 Å². The first-order chi connectivity index (χ1) is 8.52. The molecule has 0 heterocycles. The first kappa shape index (κ1) is 15.0. The predicted octanol–water partition coefficient (Wildman–Crippen LogP) is 3.65. The Labute approximate surface area is 112 Å². The van der Waals surface area contributed by atoms with Crippen molar-refractivity contribution in [1.29, 1.82) is 0 Å². The third-order valence-electron chi connectivity index (χ3n) is 3.50. The van der Waals surface area contributed by atoms with Crippen molar-refractivity contribution in [2.75, 3.05) is 7.11 Å². The van der Waals surface area contributed by atoms with Crippen LogP contribution in [-0.4, -0.2) is 19.2 Å². The lowest BCUT2D eigenvalue weighted by atomic mass is 9.95. The van der Waals surface area contributed by atoms with Crippen molar-refractivity contribution >= 4 is 0 Å². The van der Waals surface area contributed by atoms with E-state index < -0.39 is 0 Å². The van der Waals surface area contributed by atoms with E-state index in [1.54, 1.807) is 7.11 Å². The summed E-state index contributed by atoms with van der Waals surface area (Å²) in [6, 6.07) is 9.52. The molecule has 2 nitrogen and oxygen atoms in total. The maximum Gasteiger partial charge on any atom is 0.118 e. The molecule has 0 aliphatic rings. The number of rotatable bonds is 7. The molecule has 1 rings (SSSR count). The average Bonchev–Trinajstić information content (AvgIpc) is 2.35. The van der Waals surface area contributed by atoms with Gasteiger partial charge in [0, 0.05) is 12.1 Å². The van der Waals surface area contributed by atoms with Gasteiger partial charge in [-0.1, -0.05) is 32.9 Å². The third-order valence-corrected chi connectivity index (χ3v) is 3.50. The van der Waals surface area contributed by atoms with Crippen LogP contribution in [0.3, 0.4) is 0 Å². The van der Waals surface area contributed by atoms with Gasteiger partial charge in [-0.15, -0.1) is 0 Å². The van der Waals surface area contributed by atoms with E-state index in [9.17, 15) is 0 Å². The van der Waals surface area contributed by atoms with Gasteiger partial charge < -0.3 is 10.1 Å². The highest BCUT2D eigenvalue weighted by Gasteiger charge is 2.12. The Kier molecular flexibility index (Phi) is 6.20. The van der Waals surface area contributed by atoms with E-state index in [4.69, 9.17) is 4.74 Å². The number of benzene rings is 1. The van der Waals surface area contributed by atoms with E-state index in [0.717, 1.165) is 12.2 Å². The third kappa shape index (κ3) is 5.09. The Morgan fingerprint density at radius 1 is 1.06 bits per heavy atom. The molecule has 0 bridgehead atoms. The molecule has 1 N–H and O–H groups in total. The average molecular weight is 249 g/mol. The van der Waals surface area contributed by atoms with E-state index in [1.165, 1.54) is 12.0 Å². The Morgan fingerprint density at radius 3 is 2.17 bits per heavy atom. The molecule has 0 fully saturated rings. The lowest BCUT2D eigenvalue weighted by Gasteiger charge is -2.23. The summed E-state index contributed by atoms with van der Waals surface area (Å²) in [4.78, 5) is 0. The minimum absolute atomic E-state index is 0.559. The standard InChI is InChI=1S/C16H27NO/c1-12(2)17-14(4)13(3)6-7-15-8-10-16(18-5)11-9-15/h8-14,17H,6-7H2,1-5H3. The second-order valence-corrected chi connectivity index (χ2v) is 5.47. The maximum absolute atomic E-state index is 5.17. The molecule has 1 aromatic rings. The fourth-order valence-corrected chi connectivity index (χ4v) is 2.13. The van der Waals surface area contributed by atoms with Crippen molar-refractivity contribution in [1.82, 2.24) is 5.32 Å². The summed E-state index contributed by atoms with van der Waals surface area (Å²) in [5.74, 6) is 1.62. The number of aryl methyl sites for hydroxylation is 1. The molecule has 0 spiro atoms. The molecule has 2 heteroatoms. The van der Waals surface area contributed by atoms with Gasteiger partial charge in [-0.2, -0.15) is 0 Å². The monoisotopic (exact) mass is 249 g/mol. The van der Waals surface area contributed by atoms with Crippen LogP contribution >= 0.6 is 0 Å². The number of hydrogen-bond acceptors (Lipinski definition) is 2. The van der Waals surface area contributed by atoms with Gasteiger partial charge in [0.25, 0.3) is 0 Å². The van der Waals surface area contributed by atoms with Crippen LogP contribution in [0.2, 0.25) is 0 Å². The molecule has 102 valence electrons. The van der Waals surface area contributed by atoms with Crippen LogP contribution < -0.4 is 10.1 Å². The Hall–Kier alpha value is -1.02. The molecule has 0 aliphatic heterocycles. The van der Waals surface area contributed by atoms with Crippen LogP contribution in [-0.2, 0) is 6.42 Å². The highest BCUT2D eigenvalue weighted by atomic mass is 16.5. The quantitative estimate of drug-likeness (QED) is 0.796. The van der Waals surface area contributed by atoms with Gasteiger partial charge in [0.1, 0.15) is 5.75 Å². The Bertz CT molecular complexity index is 331. The predicted molar refractivity (Wildman–Crippen MR) is 78.2 cm³/mol. The largest absolute Gasteiger partial charge is 0.497 e. The van der Waals surface area contributed by atoms with Crippen molar-refractivity contribution < 1.29 is 4.74 Å². The summed E-state index contributed by atoms with van der Waals surface area (Å²) in [5, 5.41) is 3.58. The summed E-state index contributed by atoms with van der Waals surface area (Å²) < 4.78 is 5.17. The summed E-state index contributed by atoms with van der Waals surface area (Å²) in [7, 11) is 1.70. The molecule has 0 saturated heterocycles. The zero-order valence-corrected chi connectivity index (χ0v) is 12.4. The van der Waals surface area contributed by atoms with E-state index in [2.05, 4.69) is 45.1 Å². The first-order valence-corrected chi connectivity index (χ1v) is 6.92. The van der Waals surface area contributed by atoms with Crippen LogP contribution in [0, 0.1) is 5.92 Å². The summed E-state index contributed by atoms with van der Waals surface area (Å²) in [6.07, 6.45) is 2.35. The molecule has 2 atom stereocenters. The van der Waals surface area contributed by atoms with Gasteiger partial charge in [-0.05, 0) is 43.4 Å². The molecular formula is C16H27NO. The minimum Gasteiger partial charge on any atom is -0.497 e. The fraction of sp³-hybridized carbons (Fsp3) is 0.625. The van der Waals surface area contributed by atoms with E-state index in [-0.39, 0.29) is 0 Å². The molecule has 0 amide bonds. The van der Waals surface area contributed by atoms with Crippen molar-refractivity contribution in [3.05, 3.63) is 29.8 Å². The molecule has 1 aromatic carbocycles. The van der Waals surface area contributed by atoms with Crippen molar-refractivity contribution in [3.8, 4) is 5.75 Å². The Morgan fingerprint density at radius 2 is 1.67 bits per heavy atom. The van der Waals surface area contributed by atoms with Gasteiger partial charge in [0.15, 0.2) is 0 Å². The lowest BCUT2D eigenvalue weighted by Crippen LogP contribution is -2.37. The molecule has 0 radical (unpaired) electrons. The van der Waals surface area contributed by atoms with Gasteiger partial charge in [-0.3, -0.25) is 0 Å². The lowest BCUT2D eigenvalue weighted by molar-refractivity contribution is 0.356. The molecule has 0 aromatic heterocycles. The zero-order valence-electron chi connectivity index (χ0n) is 12.4. The maximum atomic E-state index is 5.17. The van der Waals surface area contributed by atoms with E-state index in [0.29, 0.717) is 18.0 Å². The first-order valence-electron chi connectivity index (χ1n) is 6.92. The van der Waals surface area contributed by atoms with Crippen LogP contribution in [0.15, 0.2) is 24.3 Å². The summed E-state index contributed by atoms with van der Waals surface area (Å²) >= 11 is 0. The second kappa shape index (κ2) is 7.42. The smallest absolute Gasteiger partial charge is 0.118 e. The SMILES string of the molecule is COc1ccc(CCC(C)C(C)NC(C)C)cc1. The highest BCUT2D eigenvalue weighted by molar-refractivity contribution is 5.27. The van der Waals surface area contributed by atoms with Crippen LogP contribution in [0.25, 0.3) is 0 Å².